The van der Waals surface area contributed by atoms with E-state index in [1.54, 1.807) is 6.20 Å². The minimum absolute atomic E-state index is 0.0484. The first-order chi connectivity index (χ1) is 11.0. The van der Waals surface area contributed by atoms with Crippen LogP contribution >= 0.6 is 0 Å². The Kier molecular flexibility index (Phi) is 5.41. The molecule has 0 saturated heterocycles. The number of amides is 1. The van der Waals surface area contributed by atoms with E-state index in [0.29, 0.717) is 19.0 Å². The number of benzene rings is 1. The van der Waals surface area contributed by atoms with Gasteiger partial charge in [-0.05, 0) is 19.4 Å². The molecule has 1 N–H and O–H groups in total. The van der Waals surface area contributed by atoms with Crippen molar-refractivity contribution in [1.29, 1.82) is 5.26 Å². The van der Waals surface area contributed by atoms with E-state index in [0.717, 1.165) is 18.0 Å². The highest BCUT2D eigenvalue weighted by Crippen LogP contribution is 2.18. The van der Waals surface area contributed by atoms with Gasteiger partial charge >= 0.3 is 0 Å². The lowest BCUT2D eigenvalue weighted by atomic mass is 10.1. The van der Waals surface area contributed by atoms with Gasteiger partial charge in [0.2, 0.25) is 5.91 Å². The minimum atomic E-state index is -1.14. The second-order valence-corrected chi connectivity index (χ2v) is 5.07. The van der Waals surface area contributed by atoms with Gasteiger partial charge in [0.05, 0.1) is 6.07 Å². The number of nitrogens with one attached hydrogen (secondary N) is 1. The third-order valence-electron chi connectivity index (χ3n) is 3.43. The Hall–Kier alpha value is -2.75. The van der Waals surface area contributed by atoms with Crippen molar-refractivity contribution in [2.24, 2.45) is 0 Å². The molecular weight excluding hydrogens is 302 g/mol. The first-order valence-corrected chi connectivity index (χ1v) is 7.13. The van der Waals surface area contributed by atoms with Crippen LogP contribution in [-0.2, 0) is 11.3 Å². The first kappa shape index (κ1) is 16.6. The number of hydrogen-bond acceptors (Lipinski definition) is 3. The summed E-state index contributed by atoms with van der Waals surface area (Å²) < 4.78 is 28.5. The molecule has 7 heteroatoms. The van der Waals surface area contributed by atoms with Crippen molar-refractivity contribution in [3.8, 4) is 6.07 Å². The number of carbonyl (C=O) groups excluding carboxylic acids is 1. The summed E-state index contributed by atoms with van der Waals surface area (Å²) in [5.41, 5.74) is -0.0484. The molecule has 1 unspecified atom stereocenters. The number of nitriles is 1. The predicted octanol–water partition coefficient (Wildman–Crippen LogP) is 2.63. The van der Waals surface area contributed by atoms with Crippen molar-refractivity contribution in [2.75, 3.05) is 0 Å². The molecule has 1 atom stereocenters. The summed E-state index contributed by atoms with van der Waals surface area (Å²) in [5.74, 6) is -1.09. The molecule has 0 saturated carbocycles. The van der Waals surface area contributed by atoms with Gasteiger partial charge in [0.25, 0.3) is 0 Å². The van der Waals surface area contributed by atoms with Crippen molar-refractivity contribution < 1.29 is 13.6 Å². The van der Waals surface area contributed by atoms with Crippen LogP contribution in [0.5, 0.6) is 0 Å². The summed E-state index contributed by atoms with van der Waals surface area (Å²) in [6.45, 7) is 2.49. The van der Waals surface area contributed by atoms with Crippen LogP contribution in [0.25, 0.3) is 0 Å². The van der Waals surface area contributed by atoms with E-state index in [1.807, 2.05) is 23.8 Å². The maximum atomic E-state index is 13.7. The Morgan fingerprint density at radius 2 is 2.26 bits per heavy atom. The van der Waals surface area contributed by atoms with Crippen LogP contribution in [0, 0.1) is 29.9 Å². The Morgan fingerprint density at radius 3 is 2.87 bits per heavy atom. The van der Waals surface area contributed by atoms with E-state index >= 15 is 0 Å². The highest BCUT2D eigenvalue weighted by molar-refractivity contribution is 5.76. The summed E-state index contributed by atoms with van der Waals surface area (Å²) in [5, 5.41) is 11.5. The fraction of sp³-hybridized carbons (Fsp3) is 0.312. The maximum Gasteiger partial charge on any atom is 0.221 e. The van der Waals surface area contributed by atoms with Gasteiger partial charge in [-0.3, -0.25) is 4.79 Å². The number of nitrogens with zero attached hydrogens (tertiary/aromatic N) is 3. The fourth-order valence-corrected chi connectivity index (χ4v) is 2.20. The van der Waals surface area contributed by atoms with Gasteiger partial charge in [0.1, 0.15) is 23.5 Å². The third-order valence-corrected chi connectivity index (χ3v) is 3.43. The topological polar surface area (TPSA) is 70.7 Å². The summed E-state index contributed by atoms with van der Waals surface area (Å²) in [6.07, 6.45) is 4.25. The van der Waals surface area contributed by atoms with E-state index in [9.17, 15) is 13.6 Å². The van der Waals surface area contributed by atoms with E-state index in [-0.39, 0.29) is 17.9 Å². The molecule has 0 aliphatic carbocycles. The number of aryl methyl sites for hydroxylation is 2. The number of aromatic nitrogens is 2. The van der Waals surface area contributed by atoms with Crippen molar-refractivity contribution in [3.05, 3.63) is 53.6 Å². The average molecular weight is 318 g/mol. The highest BCUT2D eigenvalue weighted by atomic mass is 19.1. The lowest BCUT2D eigenvalue weighted by Gasteiger charge is -2.13. The molecule has 1 heterocycles. The van der Waals surface area contributed by atoms with Gasteiger partial charge in [0.15, 0.2) is 0 Å². The minimum Gasteiger partial charge on any atom is -0.337 e. The number of hydrogen-bond donors (Lipinski definition) is 1. The molecule has 120 valence electrons. The second kappa shape index (κ2) is 7.49. The summed E-state index contributed by atoms with van der Waals surface area (Å²) in [4.78, 5) is 16.0. The summed E-state index contributed by atoms with van der Waals surface area (Å²) >= 11 is 0. The van der Waals surface area contributed by atoms with E-state index in [2.05, 4.69) is 10.3 Å². The lowest BCUT2D eigenvalue weighted by molar-refractivity contribution is -0.121. The van der Waals surface area contributed by atoms with Gasteiger partial charge in [0, 0.05) is 37.0 Å². The summed E-state index contributed by atoms with van der Waals surface area (Å²) in [7, 11) is 0. The maximum absolute atomic E-state index is 13.7. The number of halogens is 2. The van der Waals surface area contributed by atoms with E-state index in [4.69, 9.17) is 5.26 Å². The van der Waals surface area contributed by atoms with Gasteiger partial charge in [-0.2, -0.15) is 5.26 Å². The van der Waals surface area contributed by atoms with Crippen LogP contribution in [-0.4, -0.2) is 15.5 Å². The Morgan fingerprint density at radius 1 is 1.48 bits per heavy atom. The van der Waals surface area contributed by atoms with Gasteiger partial charge in [-0.15, -0.1) is 0 Å². The average Bonchev–Trinajstić information content (AvgIpc) is 2.91. The molecule has 0 aliphatic rings. The van der Waals surface area contributed by atoms with Crippen molar-refractivity contribution >= 4 is 5.91 Å². The molecule has 1 aromatic carbocycles. The zero-order chi connectivity index (χ0) is 16.8. The fourth-order valence-electron chi connectivity index (χ4n) is 2.20. The smallest absolute Gasteiger partial charge is 0.221 e. The van der Waals surface area contributed by atoms with Gasteiger partial charge < -0.3 is 9.88 Å². The van der Waals surface area contributed by atoms with Crippen molar-refractivity contribution in [3.63, 3.8) is 0 Å². The quantitative estimate of drug-likeness (QED) is 0.890. The molecule has 0 fully saturated rings. The van der Waals surface area contributed by atoms with Gasteiger partial charge in [-0.1, -0.05) is 6.07 Å². The largest absolute Gasteiger partial charge is 0.337 e. The van der Waals surface area contributed by atoms with Crippen LogP contribution in [0.4, 0.5) is 8.78 Å². The Bertz CT molecular complexity index is 736. The molecule has 1 aromatic heterocycles. The molecule has 2 aromatic rings. The molecule has 0 spiro atoms. The monoisotopic (exact) mass is 318 g/mol. The van der Waals surface area contributed by atoms with Crippen LogP contribution in [0.2, 0.25) is 0 Å². The van der Waals surface area contributed by atoms with E-state index in [1.165, 1.54) is 0 Å². The SMILES string of the molecule is Cc1nccn1CCCC(=O)NC(C#N)c1ccc(F)cc1F. The molecule has 0 radical (unpaired) electrons. The first-order valence-electron chi connectivity index (χ1n) is 7.13. The number of imidazole rings is 1. The molecule has 1 amide bonds. The van der Waals surface area contributed by atoms with Crippen LogP contribution in [0.1, 0.15) is 30.3 Å². The third kappa shape index (κ3) is 4.36. The Balaban J connectivity index is 1.90. The molecule has 0 bridgehead atoms. The molecule has 23 heavy (non-hydrogen) atoms. The zero-order valence-electron chi connectivity index (χ0n) is 12.6. The van der Waals surface area contributed by atoms with Crippen LogP contribution in [0.15, 0.2) is 30.6 Å². The van der Waals surface area contributed by atoms with Gasteiger partial charge in [-0.25, -0.2) is 13.8 Å². The lowest BCUT2D eigenvalue weighted by Crippen LogP contribution is -2.28. The molecule has 0 aliphatic heterocycles. The van der Waals surface area contributed by atoms with Crippen LogP contribution in [0.3, 0.4) is 0 Å². The molecule has 2 rings (SSSR count). The summed E-state index contributed by atoms with van der Waals surface area (Å²) in [6, 6.07) is 3.57. The Labute approximate surface area is 132 Å². The second-order valence-electron chi connectivity index (χ2n) is 5.07. The van der Waals surface area contributed by atoms with Crippen molar-refractivity contribution in [1.82, 2.24) is 14.9 Å². The highest BCUT2D eigenvalue weighted by Gasteiger charge is 2.18. The van der Waals surface area contributed by atoms with Crippen molar-refractivity contribution in [2.45, 2.75) is 32.4 Å². The van der Waals surface area contributed by atoms with Crippen LogP contribution < -0.4 is 5.32 Å². The van der Waals surface area contributed by atoms with E-state index < -0.39 is 17.7 Å². The normalized spacial score (nSPS) is 11.7. The number of carbonyl (C=O) groups is 1. The molecular formula is C16H16F2N4O. The zero-order valence-corrected chi connectivity index (χ0v) is 12.6. The molecule has 5 nitrogen and oxygen atoms in total. The predicted molar refractivity (Wildman–Crippen MR) is 79.1 cm³/mol. The number of rotatable bonds is 6. The standard InChI is InChI=1S/C16H16F2N4O/c1-11-20-6-8-22(11)7-2-3-16(23)21-15(10-19)13-5-4-12(17)9-14(13)18/h4-6,8-9,15H,2-3,7H2,1H3,(H,21,23).